The lowest BCUT2D eigenvalue weighted by atomic mass is 10.3. The number of hydrogen-bond acceptors (Lipinski definition) is 4. The fraction of sp³-hybridized carbons (Fsp3) is 0.143. The zero-order valence-electron chi connectivity index (χ0n) is 11.8. The van der Waals surface area contributed by atoms with E-state index in [-0.39, 0.29) is 24.1 Å². The molecule has 0 unspecified atom stereocenters. The number of anilines is 1. The van der Waals surface area contributed by atoms with Crippen LogP contribution in [0.5, 0.6) is 11.5 Å². The number of hydrogen-bond donors (Lipinski definition) is 1. The van der Waals surface area contributed by atoms with Gasteiger partial charge in [-0.3, -0.25) is 4.72 Å². The van der Waals surface area contributed by atoms with Crippen molar-refractivity contribution in [2.75, 3.05) is 17.9 Å². The van der Waals surface area contributed by atoms with Crippen molar-refractivity contribution >= 4 is 27.3 Å². The molecule has 3 rings (SSSR count). The molecule has 0 bridgehead atoms. The second-order valence-electron chi connectivity index (χ2n) is 4.76. The SMILES string of the molecule is O=S(=O)(Nc1ccc2c(c1)OCCO2)c1c(F)cc(F)c(Cl)c1F. The zero-order chi connectivity index (χ0) is 17.5. The predicted octanol–water partition coefficient (Wildman–Crippen LogP) is 3.33. The lowest BCUT2D eigenvalue weighted by Gasteiger charge is -2.19. The van der Waals surface area contributed by atoms with Gasteiger partial charge in [-0.15, -0.1) is 0 Å². The van der Waals surface area contributed by atoms with Crippen LogP contribution < -0.4 is 14.2 Å². The van der Waals surface area contributed by atoms with Gasteiger partial charge in [0, 0.05) is 12.1 Å². The highest BCUT2D eigenvalue weighted by Crippen LogP contribution is 2.34. The maximum absolute atomic E-state index is 13.9. The molecular formula is C14H9ClF3NO4S. The number of nitrogens with one attached hydrogen (secondary N) is 1. The third-order valence-corrected chi connectivity index (χ3v) is 4.90. The van der Waals surface area contributed by atoms with E-state index >= 15 is 0 Å². The molecule has 128 valence electrons. The van der Waals surface area contributed by atoms with Crippen LogP contribution in [-0.4, -0.2) is 21.6 Å². The summed E-state index contributed by atoms with van der Waals surface area (Å²) in [7, 11) is -4.69. The van der Waals surface area contributed by atoms with E-state index in [1.165, 1.54) is 18.2 Å². The Kier molecular flexibility index (Phi) is 4.22. The second-order valence-corrected chi connectivity index (χ2v) is 6.76. The smallest absolute Gasteiger partial charge is 0.267 e. The summed E-state index contributed by atoms with van der Waals surface area (Å²) in [6.45, 7) is 0.628. The van der Waals surface area contributed by atoms with Gasteiger partial charge in [-0.1, -0.05) is 11.6 Å². The minimum absolute atomic E-state index is 0.0153. The molecule has 10 heteroatoms. The van der Waals surface area contributed by atoms with Crippen LogP contribution >= 0.6 is 11.6 Å². The van der Waals surface area contributed by atoms with E-state index in [1.807, 2.05) is 4.72 Å². The van der Waals surface area contributed by atoms with E-state index in [2.05, 4.69) is 0 Å². The molecular weight excluding hydrogens is 371 g/mol. The molecule has 1 aliphatic heterocycles. The minimum atomic E-state index is -4.69. The summed E-state index contributed by atoms with van der Waals surface area (Å²) < 4.78 is 77.9. The van der Waals surface area contributed by atoms with Gasteiger partial charge < -0.3 is 9.47 Å². The molecule has 0 fully saturated rings. The minimum Gasteiger partial charge on any atom is -0.486 e. The van der Waals surface area contributed by atoms with E-state index in [4.69, 9.17) is 21.1 Å². The predicted molar refractivity (Wildman–Crippen MR) is 79.6 cm³/mol. The lowest BCUT2D eigenvalue weighted by Crippen LogP contribution is -2.18. The van der Waals surface area contributed by atoms with Gasteiger partial charge in [-0.2, -0.15) is 0 Å². The Morgan fingerprint density at radius 3 is 2.38 bits per heavy atom. The molecule has 0 saturated heterocycles. The Balaban J connectivity index is 2.00. The van der Waals surface area contributed by atoms with Crippen molar-refractivity contribution in [1.82, 2.24) is 0 Å². The molecule has 24 heavy (non-hydrogen) atoms. The number of fused-ring (bicyclic) bond motifs is 1. The second kappa shape index (κ2) is 6.06. The molecule has 0 amide bonds. The quantitative estimate of drug-likeness (QED) is 0.656. The molecule has 1 heterocycles. The van der Waals surface area contributed by atoms with Gasteiger partial charge in [0.2, 0.25) is 0 Å². The standard InChI is InChI=1S/C14H9ClF3NO4S/c15-12-8(16)6-9(17)14(13(12)18)24(20,21)19-7-1-2-10-11(5-7)23-4-3-22-10/h1-2,5-6,19H,3-4H2. The summed E-state index contributed by atoms with van der Waals surface area (Å²) in [6, 6.07) is 4.26. The van der Waals surface area contributed by atoms with Crippen molar-refractivity contribution in [3.05, 3.63) is 46.7 Å². The van der Waals surface area contributed by atoms with Crippen LogP contribution in [-0.2, 0) is 10.0 Å². The fourth-order valence-electron chi connectivity index (χ4n) is 2.11. The molecule has 0 aliphatic carbocycles. The van der Waals surface area contributed by atoms with Crippen LogP contribution in [0.2, 0.25) is 5.02 Å². The van der Waals surface area contributed by atoms with Crippen molar-refractivity contribution in [3.63, 3.8) is 0 Å². The number of sulfonamides is 1. The Bertz CT molecular complexity index is 921. The van der Waals surface area contributed by atoms with Crippen LogP contribution in [0.25, 0.3) is 0 Å². The van der Waals surface area contributed by atoms with E-state index < -0.39 is 37.4 Å². The first-order valence-electron chi connectivity index (χ1n) is 6.55. The van der Waals surface area contributed by atoms with Crippen LogP contribution in [0, 0.1) is 17.5 Å². The summed E-state index contributed by atoms with van der Waals surface area (Å²) in [5, 5.41) is -1.11. The van der Waals surface area contributed by atoms with E-state index in [9.17, 15) is 21.6 Å². The number of benzene rings is 2. The van der Waals surface area contributed by atoms with Gasteiger partial charge in [-0.25, -0.2) is 21.6 Å². The highest BCUT2D eigenvalue weighted by molar-refractivity contribution is 7.92. The third-order valence-electron chi connectivity index (χ3n) is 3.14. The average molecular weight is 380 g/mol. The van der Waals surface area contributed by atoms with Crippen molar-refractivity contribution in [2.45, 2.75) is 4.90 Å². The molecule has 0 spiro atoms. The van der Waals surface area contributed by atoms with Crippen LogP contribution in [0.1, 0.15) is 0 Å². The molecule has 1 N–H and O–H groups in total. The van der Waals surface area contributed by atoms with Crippen LogP contribution in [0.3, 0.4) is 0 Å². The van der Waals surface area contributed by atoms with Gasteiger partial charge in [0.05, 0.1) is 5.69 Å². The number of halogens is 4. The van der Waals surface area contributed by atoms with Gasteiger partial charge in [0.25, 0.3) is 10.0 Å². The molecule has 2 aromatic rings. The zero-order valence-corrected chi connectivity index (χ0v) is 13.3. The monoisotopic (exact) mass is 379 g/mol. The fourth-order valence-corrected chi connectivity index (χ4v) is 3.51. The lowest BCUT2D eigenvalue weighted by molar-refractivity contribution is 0.171. The Hall–Kier alpha value is -2.13. The maximum Gasteiger partial charge on any atom is 0.267 e. The highest BCUT2D eigenvalue weighted by atomic mass is 35.5. The van der Waals surface area contributed by atoms with Crippen LogP contribution in [0.15, 0.2) is 29.2 Å². The van der Waals surface area contributed by atoms with Gasteiger partial charge in [0.15, 0.2) is 22.2 Å². The average Bonchev–Trinajstić information content (AvgIpc) is 2.52. The van der Waals surface area contributed by atoms with Crippen LogP contribution in [0.4, 0.5) is 18.9 Å². The Morgan fingerprint density at radius 1 is 1.00 bits per heavy atom. The summed E-state index contributed by atoms with van der Waals surface area (Å²) in [5.41, 5.74) is -0.0153. The molecule has 0 radical (unpaired) electrons. The molecule has 0 atom stereocenters. The normalized spacial score (nSPS) is 13.7. The van der Waals surface area contributed by atoms with Gasteiger partial charge in [-0.05, 0) is 12.1 Å². The Morgan fingerprint density at radius 2 is 1.67 bits per heavy atom. The molecule has 0 saturated carbocycles. The third kappa shape index (κ3) is 2.96. The highest BCUT2D eigenvalue weighted by Gasteiger charge is 2.28. The number of ether oxygens (including phenoxy) is 2. The van der Waals surface area contributed by atoms with Crippen molar-refractivity contribution in [2.24, 2.45) is 0 Å². The molecule has 0 aromatic heterocycles. The summed E-state index contributed by atoms with van der Waals surface area (Å²) in [6.07, 6.45) is 0. The number of rotatable bonds is 3. The molecule has 5 nitrogen and oxygen atoms in total. The first-order chi connectivity index (χ1) is 11.3. The van der Waals surface area contributed by atoms with Gasteiger partial charge >= 0.3 is 0 Å². The van der Waals surface area contributed by atoms with Crippen molar-refractivity contribution in [3.8, 4) is 11.5 Å². The van der Waals surface area contributed by atoms with Crippen molar-refractivity contribution in [1.29, 1.82) is 0 Å². The first kappa shape index (κ1) is 16.7. The van der Waals surface area contributed by atoms with E-state index in [0.29, 0.717) is 12.4 Å². The largest absolute Gasteiger partial charge is 0.486 e. The van der Waals surface area contributed by atoms with E-state index in [1.54, 1.807) is 0 Å². The summed E-state index contributed by atoms with van der Waals surface area (Å²) >= 11 is 5.31. The first-order valence-corrected chi connectivity index (χ1v) is 8.41. The summed E-state index contributed by atoms with van der Waals surface area (Å²) in [4.78, 5) is -1.37. The topological polar surface area (TPSA) is 64.6 Å². The Labute approximate surface area is 140 Å². The summed E-state index contributed by atoms with van der Waals surface area (Å²) in [5.74, 6) is -4.02. The van der Waals surface area contributed by atoms with Gasteiger partial charge in [0.1, 0.15) is 29.9 Å². The van der Waals surface area contributed by atoms with E-state index in [0.717, 1.165) is 0 Å². The molecule has 1 aliphatic rings. The maximum atomic E-state index is 13.9. The van der Waals surface area contributed by atoms with Crippen molar-refractivity contribution < 1.29 is 31.1 Å². The molecule has 2 aromatic carbocycles.